The first-order chi connectivity index (χ1) is 10.2. The summed E-state index contributed by atoms with van der Waals surface area (Å²) in [7, 11) is 1.71. The highest BCUT2D eigenvalue weighted by Gasteiger charge is 2.06. The SMILES string of the molecule is COCCNCc1cc(Br)ccc1Sc1ccc(Br)cn1. The van der Waals surface area contributed by atoms with Crippen LogP contribution < -0.4 is 5.32 Å². The number of halogens is 2. The highest BCUT2D eigenvalue weighted by atomic mass is 79.9. The predicted molar refractivity (Wildman–Crippen MR) is 93.8 cm³/mol. The van der Waals surface area contributed by atoms with Gasteiger partial charge in [-0.2, -0.15) is 0 Å². The summed E-state index contributed by atoms with van der Waals surface area (Å²) in [5.41, 5.74) is 1.25. The van der Waals surface area contributed by atoms with Crippen molar-refractivity contribution >= 4 is 43.6 Å². The van der Waals surface area contributed by atoms with Gasteiger partial charge in [-0.3, -0.25) is 0 Å². The minimum Gasteiger partial charge on any atom is -0.383 e. The maximum atomic E-state index is 5.05. The van der Waals surface area contributed by atoms with E-state index in [1.54, 1.807) is 18.9 Å². The molecule has 1 N–H and O–H groups in total. The zero-order valence-corrected chi connectivity index (χ0v) is 15.6. The van der Waals surface area contributed by atoms with Gasteiger partial charge in [0.05, 0.1) is 6.61 Å². The zero-order chi connectivity index (χ0) is 15.1. The third-order valence-corrected chi connectivity index (χ3v) is 4.77. The number of hydrogen-bond acceptors (Lipinski definition) is 4. The number of aromatic nitrogens is 1. The van der Waals surface area contributed by atoms with Gasteiger partial charge in [0.2, 0.25) is 0 Å². The van der Waals surface area contributed by atoms with Crippen molar-refractivity contribution in [1.29, 1.82) is 0 Å². The Morgan fingerprint density at radius 2 is 2.00 bits per heavy atom. The monoisotopic (exact) mass is 430 g/mol. The molecule has 0 saturated heterocycles. The standard InChI is InChI=1S/C15H16Br2N2OS/c1-20-7-6-18-9-11-8-12(16)2-4-14(11)21-15-5-3-13(17)10-19-15/h2-5,8,10,18H,6-7,9H2,1H3. The molecular weight excluding hydrogens is 416 g/mol. The van der Waals surface area contributed by atoms with Crippen molar-refractivity contribution in [3.05, 3.63) is 51.0 Å². The van der Waals surface area contributed by atoms with Crippen molar-refractivity contribution in [2.45, 2.75) is 16.5 Å². The second-order valence-corrected chi connectivity index (χ2v) is 7.23. The lowest BCUT2D eigenvalue weighted by molar-refractivity contribution is 0.199. The fourth-order valence-corrected chi connectivity index (χ4v) is 3.23. The summed E-state index contributed by atoms with van der Waals surface area (Å²) in [5.74, 6) is 0. The van der Waals surface area contributed by atoms with Crippen LogP contribution in [0, 0.1) is 0 Å². The average molecular weight is 432 g/mol. The molecule has 0 aliphatic heterocycles. The molecule has 21 heavy (non-hydrogen) atoms. The van der Waals surface area contributed by atoms with E-state index in [4.69, 9.17) is 4.74 Å². The molecule has 1 aromatic carbocycles. The quantitative estimate of drug-likeness (QED) is 0.654. The van der Waals surface area contributed by atoms with E-state index < -0.39 is 0 Å². The Hall–Kier alpha value is -0.400. The van der Waals surface area contributed by atoms with Gasteiger partial charge in [0.25, 0.3) is 0 Å². The number of benzene rings is 1. The van der Waals surface area contributed by atoms with Gasteiger partial charge in [-0.05, 0) is 51.8 Å². The smallest absolute Gasteiger partial charge is 0.101 e. The summed E-state index contributed by atoms with van der Waals surface area (Å²) in [6, 6.07) is 10.3. The van der Waals surface area contributed by atoms with E-state index in [-0.39, 0.29) is 0 Å². The maximum absolute atomic E-state index is 5.05. The first kappa shape index (κ1) is 17.0. The van der Waals surface area contributed by atoms with Gasteiger partial charge in [-0.15, -0.1) is 0 Å². The minimum absolute atomic E-state index is 0.713. The minimum atomic E-state index is 0.713. The van der Waals surface area contributed by atoms with E-state index in [2.05, 4.69) is 60.4 Å². The fraction of sp³-hybridized carbons (Fsp3) is 0.267. The van der Waals surface area contributed by atoms with Gasteiger partial charge in [0.1, 0.15) is 5.03 Å². The third-order valence-electron chi connectivity index (χ3n) is 2.74. The highest BCUT2D eigenvalue weighted by Crippen LogP contribution is 2.31. The van der Waals surface area contributed by atoms with Gasteiger partial charge in [-0.25, -0.2) is 4.98 Å². The molecule has 0 unspecified atom stereocenters. The molecule has 0 fully saturated rings. The summed E-state index contributed by atoms with van der Waals surface area (Å²) in [6.45, 7) is 2.36. The zero-order valence-electron chi connectivity index (χ0n) is 11.6. The number of ether oxygens (including phenoxy) is 1. The van der Waals surface area contributed by atoms with Crippen molar-refractivity contribution in [3.8, 4) is 0 Å². The van der Waals surface area contributed by atoms with Crippen LogP contribution in [0.15, 0.2) is 55.4 Å². The molecule has 0 saturated carbocycles. The van der Waals surface area contributed by atoms with E-state index >= 15 is 0 Å². The molecule has 0 radical (unpaired) electrons. The second kappa shape index (κ2) is 8.90. The van der Waals surface area contributed by atoms with Crippen molar-refractivity contribution < 1.29 is 4.74 Å². The molecule has 1 aromatic heterocycles. The number of nitrogens with zero attached hydrogens (tertiary/aromatic N) is 1. The van der Waals surface area contributed by atoms with Crippen LogP contribution in [0.2, 0.25) is 0 Å². The summed E-state index contributed by atoms with van der Waals surface area (Å²) >= 11 is 8.61. The molecule has 0 atom stereocenters. The molecule has 2 aromatic rings. The van der Waals surface area contributed by atoms with E-state index in [1.165, 1.54) is 10.5 Å². The molecule has 0 amide bonds. The molecular formula is C15H16Br2N2OS. The van der Waals surface area contributed by atoms with Crippen molar-refractivity contribution in [1.82, 2.24) is 10.3 Å². The van der Waals surface area contributed by atoms with Gasteiger partial charge in [0, 0.05) is 40.2 Å². The fourth-order valence-electron chi connectivity index (χ4n) is 1.72. The first-order valence-electron chi connectivity index (χ1n) is 6.46. The lowest BCUT2D eigenvalue weighted by atomic mass is 10.2. The second-order valence-electron chi connectivity index (χ2n) is 4.34. The molecule has 0 bridgehead atoms. The molecule has 6 heteroatoms. The molecule has 112 valence electrons. The predicted octanol–water partition coefficient (Wildman–Crippen LogP) is 4.49. The summed E-state index contributed by atoms with van der Waals surface area (Å²) in [4.78, 5) is 5.62. The Labute approximate surface area is 146 Å². The Balaban J connectivity index is 2.08. The van der Waals surface area contributed by atoms with Crippen LogP contribution in [-0.4, -0.2) is 25.2 Å². The van der Waals surface area contributed by atoms with E-state index in [1.807, 2.05) is 18.3 Å². The average Bonchev–Trinajstić information content (AvgIpc) is 2.48. The van der Waals surface area contributed by atoms with Crippen LogP contribution in [0.4, 0.5) is 0 Å². The Kier molecular flexibility index (Phi) is 7.19. The first-order valence-corrected chi connectivity index (χ1v) is 8.87. The molecule has 3 nitrogen and oxygen atoms in total. The van der Waals surface area contributed by atoms with E-state index in [0.29, 0.717) is 6.61 Å². The lowest BCUT2D eigenvalue weighted by Gasteiger charge is -2.11. The molecule has 0 aliphatic carbocycles. The van der Waals surface area contributed by atoms with E-state index in [9.17, 15) is 0 Å². The topological polar surface area (TPSA) is 34.1 Å². The van der Waals surface area contributed by atoms with E-state index in [0.717, 1.165) is 27.1 Å². The Morgan fingerprint density at radius 1 is 1.19 bits per heavy atom. The van der Waals surface area contributed by atoms with Crippen molar-refractivity contribution in [3.63, 3.8) is 0 Å². The largest absolute Gasteiger partial charge is 0.383 e. The molecule has 0 aliphatic rings. The number of methoxy groups -OCH3 is 1. The van der Waals surface area contributed by atoms with Crippen LogP contribution >= 0.6 is 43.6 Å². The van der Waals surface area contributed by atoms with Crippen LogP contribution in [0.1, 0.15) is 5.56 Å². The van der Waals surface area contributed by atoms with Gasteiger partial charge in [0.15, 0.2) is 0 Å². The molecule has 1 heterocycles. The van der Waals surface area contributed by atoms with Crippen LogP contribution in [-0.2, 0) is 11.3 Å². The van der Waals surface area contributed by atoms with Crippen molar-refractivity contribution in [2.24, 2.45) is 0 Å². The number of hydrogen-bond donors (Lipinski definition) is 1. The summed E-state index contributed by atoms with van der Waals surface area (Å²) in [5, 5.41) is 4.36. The maximum Gasteiger partial charge on any atom is 0.101 e. The molecule has 2 rings (SSSR count). The normalized spacial score (nSPS) is 10.8. The Bertz CT molecular complexity index is 578. The van der Waals surface area contributed by atoms with Crippen molar-refractivity contribution in [2.75, 3.05) is 20.3 Å². The van der Waals surface area contributed by atoms with Crippen LogP contribution in [0.5, 0.6) is 0 Å². The Morgan fingerprint density at radius 3 is 2.71 bits per heavy atom. The summed E-state index contributed by atoms with van der Waals surface area (Å²) < 4.78 is 7.12. The number of rotatable bonds is 7. The van der Waals surface area contributed by atoms with Crippen LogP contribution in [0.3, 0.4) is 0 Å². The van der Waals surface area contributed by atoms with Crippen LogP contribution in [0.25, 0.3) is 0 Å². The number of pyridine rings is 1. The summed E-state index contributed by atoms with van der Waals surface area (Å²) in [6.07, 6.45) is 1.82. The third kappa shape index (κ3) is 5.71. The van der Waals surface area contributed by atoms with Gasteiger partial charge >= 0.3 is 0 Å². The van der Waals surface area contributed by atoms with Gasteiger partial charge in [-0.1, -0.05) is 27.7 Å². The van der Waals surface area contributed by atoms with Gasteiger partial charge < -0.3 is 10.1 Å². The lowest BCUT2D eigenvalue weighted by Crippen LogP contribution is -2.18. The number of nitrogens with one attached hydrogen (secondary N) is 1. The highest BCUT2D eigenvalue weighted by molar-refractivity contribution is 9.10. The molecule has 0 spiro atoms.